The molecule has 5 heteroatoms. The molecule has 0 aliphatic carbocycles. The quantitative estimate of drug-likeness (QED) is 0.591. The van der Waals surface area contributed by atoms with Crippen molar-refractivity contribution in [2.75, 3.05) is 0 Å². The summed E-state index contributed by atoms with van der Waals surface area (Å²) >= 11 is 1.25. The number of para-hydroxylation sites is 1. The van der Waals surface area contributed by atoms with Gasteiger partial charge in [0.2, 0.25) is 5.78 Å². The van der Waals surface area contributed by atoms with Gasteiger partial charge in [-0.2, -0.15) is 0 Å². The van der Waals surface area contributed by atoms with Crippen molar-refractivity contribution in [2.45, 2.75) is 6.92 Å². The molecular weight excluding hydrogens is 300 g/mol. The van der Waals surface area contributed by atoms with E-state index in [1.165, 1.54) is 11.3 Å². The molecule has 0 aliphatic rings. The van der Waals surface area contributed by atoms with E-state index in [0.29, 0.717) is 10.3 Å². The molecule has 4 nitrogen and oxygen atoms in total. The van der Waals surface area contributed by atoms with E-state index >= 15 is 0 Å². The average molecular weight is 312 g/mol. The Labute approximate surface area is 130 Å². The lowest BCUT2D eigenvalue weighted by atomic mass is 10.1. The number of benzene rings is 1. The molecule has 0 fully saturated rings. The molecule has 0 saturated carbocycles. The number of hydrogen-bond acceptors (Lipinski definition) is 5. The molecule has 3 rings (SSSR count). The van der Waals surface area contributed by atoms with Crippen molar-refractivity contribution in [3.8, 4) is 5.75 Å². The van der Waals surface area contributed by atoms with Crippen molar-refractivity contribution in [3.05, 3.63) is 68.2 Å². The van der Waals surface area contributed by atoms with E-state index in [1.54, 1.807) is 36.4 Å². The number of carbonyl (C=O) groups is 1. The molecule has 0 atom stereocenters. The van der Waals surface area contributed by atoms with E-state index in [-0.39, 0.29) is 16.9 Å². The fraction of sp³-hybridized carbons (Fsp3) is 0.0588. The van der Waals surface area contributed by atoms with Gasteiger partial charge in [0.25, 0.3) is 0 Å². The molecule has 0 amide bonds. The van der Waals surface area contributed by atoms with Gasteiger partial charge in [-0.1, -0.05) is 24.8 Å². The summed E-state index contributed by atoms with van der Waals surface area (Å²) in [5, 5.41) is 10.6. The van der Waals surface area contributed by atoms with E-state index in [1.807, 2.05) is 6.92 Å². The first kappa shape index (κ1) is 14.3. The summed E-state index contributed by atoms with van der Waals surface area (Å²) in [5.41, 5.74) is -0.100. The van der Waals surface area contributed by atoms with Crippen LogP contribution >= 0.6 is 11.3 Å². The summed E-state index contributed by atoms with van der Waals surface area (Å²) in [5.74, 6) is -0.888. The second-order valence-corrected chi connectivity index (χ2v) is 6.02. The third-order valence-corrected chi connectivity index (χ3v) is 4.48. The van der Waals surface area contributed by atoms with Gasteiger partial charge in [0.05, 0.1) is 10.3 Å². The SMILES string of the molecule is C=Cc1cc(C(=O)c2c(O)c3ccccc3oc2=O)sc1C. The Morgan fingerprint density at radius 2 is 2.09 bits per heavy atom. The lowest BCUT2D eigenvalue weighted by molar-refractivity contribution is 0.103. The molecule has 1 N–H and O–H groups in total. The first-order chi connectivity index (χ1) is 10.5. The highest BCUT2D eigenvalue weighted by atomic mass is 32.1. The number of rotatable bonds is 3. The first-order valence-electron chi connectivity index (χ1n) is 6.55. The fourth-order valence-electron chi connectivity index (χ4n) is 2.27. The Morgan fingerprint density at radius 1 is 1.36 bits per heavy atom. The van der Waals surface area contributed by atoms with Crippen molar-refractivity contribution in [3.63, 3.8) is 0 Å². The van der Waals surface area contributed by atoms with E-state index in [9.17, 15) is 14.7 Å². The lowest BCUT2D eigenvalue weighted by Crippen LogP contribution is -2.14. The zero-order valence-electron chi connectivity index (χ0n) is 11.8. The molecule has 22 heavy (non-hydrogen) atoms. The molecule has 0 unspecified atom stereocenters. The number of aryl methyl sites for hydroxylation is 1. The van der Waals surface area contributed by atoms with E-state index in [2.05, 4.69) is 6.58 Å². The maximum absolute atomic E-state index is 12.6. The van der Waals surface area contributed by atoms with Gasteiger partial charge in [-0.3, -0.25) is 4.79 Å². The standard InChI is InChI=1S/C17H12O4S/c1-3-10-8-13(22-9(10)2)16(19)14-15(18)11-6-4-5-7-12(11)21-17(14)20/h3-8,18H,1H2,2H3. The van der Waals surface area contributed by atoms with Crippen molar-refractivity contribution in [2.24, 2.45) is 0 Å². The van der Waals surface area contributed by atoms with Crippen molar-refractivity contribution in [1.29, 1.82) is 0 Å². The van der Waals surface area contributed by atoms with Gasteiger partial charge in [-0.15, -0.1) is 11.3 Å². The fourth-order valence-corrected chi connectivity index (χ4v) is 3.24. The molecule has 0 aliphatic heterocycles. The van der Waals surface area contributed by atoms with Crippen LogP contribution in [0.1, 0.15) is 25.7 Å². The van der Waals surface area contributed by atoms with Gasteiger partial charge in [0, 0.05) is 4.88 Å². The number of aromatic hydroxyl groups is 1. The Morgan fingerprint density at radius 3 is 2.77 bits per heavy atom. The molecule has 3 aromatic rings. The Hall–Kier alpha value is -2.66. The zero-order chi connectivity index (χ0) is 15.9. The number of hydrogen-bond donors (Lipinski definition) is 1. The van der Waals surface area contributed by atoms with Crippen LogP contribution in [0.25, 0.3) is 17.0 Å². The van der Waals surface area contributed by atoms with Gasteiger partial charge < -0.3 is 9.52 Å². The lowest BCUT2D eigenvalue weighted by Gasteiger charge is -2.04. The Kier molecular flexibility index (Phi) is 3.42. The van der Waals surface area contributed by atoms with Crippen LogP contribution in [0.5, 0.6) is 5.75 Å². The van der Waals surface area contributed by atoms with Crippen LogP contribution in [0.3, 0.4) is 0 Å². The van der Waals surface area contributed by atoms with Crippen LogP contribution in [-0.2, 0) is 0 Å². The highest BCUT2D eigenvalue weighted by Gasteiger charge is 2.23. The van der Waals surface area contributed by atoms with Gasteiger partial charge in [-0.25, -0.2) is 4.79 Å². The van der Waals surface area contributed by atoms with Crippen LogP contribution in [0.15, 0.2) is 46.1 Å². The van der Waals surface area contributed by atoms with Gasteiger partial charge >= 0.3 is 5.63 Å². The molecule has 2 aromatic heterocycles. The summed E-state index contributed by atoms with van der Waals surface area (Å²) in [6.45, 7) is 5.54. The van der Waals surface area contributed by atoms with E-state index < -0.39 is 11.4 Å². The number of thiophene rings is 1. The average Bonchev–Trinajstić information content (AvgIpc) is 2.88. The molecule has 0 bridgehead atoms. The topological polar surface area (TPSA) is 67.5 Å². The number of ketones is 1. The summed E-state index contributed by atoms with van der Waals surface area (Å²) in [7, 11) is 0. The molecule has 110 valence electrons. The molecule has 0 radical (unpaired) electrons. The van der Waals surface area contributed by atoms with Crippen LogP contribution in [0.2, 0.25) is 0 Å². The van der Waals surface area contributed by atoms with Crippen molar-refractivity contribution >= 4 is 34.2 Å². The Balaban J connectivity index is 2.22. The summed E-state index contributed by atoms with van der Waals surface area (Å²) in [4.78, 5) is 25.9. The van der Waals surface area contributed by atoms with Crippen LogP contribution in [0, 0.1) is 6.92 Å². The summed E-state index contributed by atoms with van der Waals surface area (Å²) in [6, 6.07) is 8.20. The van der Waals surface area contributed by atoms with Crippen LogP contribution < -0.4 is 5.63 Å². The predicted octanol–water partition coefficient (Wildman–Crippen LogP) is 3.74. The van der Waals surface area contributed by atoms with Crippen molar-refractivity contribution < 1.29 is 14.3 Å². The van der Waals surface area contributed by atoms with Gasteiger partial charge in [-0.05, 0) is 30.7 Å². The molecule has 0 saturated heterocycles. The smallest absolute Gasteiger partial charge is 0.351 e. The third kappa shape index (κ3) is 2.16. The van der Waals surface area contributed by atoms with Crippen LogP contribution in [-0.4, -0.2) is 10.9 Å². The highest BCUT2D eigenvalue weighted by Crippen LogP contribution is 2.30. The molecule has 2 heterocycles. The molecule has 0 spiro atoms. The molecular formula is C17H12O4S. The van der Waals surface area contributed by atoms with Gasteiger partial charge in [0.15, 0.2) is 5.56 Å². The van der Waals surface area contributed by atoms with E-state index in [4.69, 9.17) is 4.42 Å². The van der Waals surface area contributed by atoms with Crippen molar-refractivity contribution in [1.82, 2.24) is 0 Å². The minimum atomic E-state index is -0.840. The monoisotopic (exact) mass is 312 g/mol. The summed E-state index contributed by atoms with van der Waals surface area (Å²) in [6.07, 6.45) is 1.64. The minimum absolute atomic E-state index is 0.246. The molecule has 1 aromatic carbocycles. The number of carbonyl (C=O) groups excluding carboxylic acids is 1. The third-order valence-electron chi connectivity index (χ3n) is 3.41. The number of fused-ring (bicyclic) bond motifs is 1. The predicted molar refractivity (Wildman–Crippen MR) is 86.7 cm³/mol. The second-order valence-electron chi connectivity index (χ2n) is 4.76. The normalized spacial score (nSPS) is 10.8. The second kappa shape index (κ2) is 5.27. The maximum atomic E-state index is 12.6. The minimum Gasteiger partial charge on any atom is -0.506 e. The van der Waals surface area contributed by atoms with Gasteiger partial charge in [0.1, 0.15) is 11.3 Å². The maximum Gasteiger partial charge on any atom is 0.351 e. The largest absolute Gasteiger partial charge is 0.506 e. The van der Waals surface area contributed by atoms with Crippen LogP contribution in [0.4, 0.5) is 0 Å². The zero-order valence-corrected chi connectivity index (χ0v) is 12.6. The van der Waals surface area contributed by atoms with E-state index in [0.717, 1.165) is 10.4 Å². The summed E-state index contributed by atoms with van der Waals surface area (Å²) < 4.78 is 5.13. The highest BCUT2D eigenvalue weighted by molar-refractivity contribution is 7.14. The Bertz CT molecular complexity index is 962. The first-order valence-corrected chi connectivity index (χ1v) is 7.37.